The van der Waals surface area contributed by atoms with Gasteiger partial charge in [0, 0.05) is 28.6 Å². The number of ether oxygens (including phenoxy) is 1. The van der Waals surface area contributed by atoms with E-state index in [-0.39, 0.29) is 0 Å². The lowest BCUT2D eigenvalue weighted by Crippen LogP contribution is -1.91. The number of pyridine rings is 2. The van der Waals surface area contributed by atoms with Crippen molar-refractivity contribution in [1.29, 1.82) is 0 Å². The lowest BCUT2D eigenvalue weighted by atomic mass is 10.4. The van der Waals surface area contributed by atoms with Gasteiger partial charge in [-0.3, -0.25) is 4.98 Å². The highest BCUT2D eigenvalue weighted by Crippen LogP contribution is 2.22. The second-order valence-corrected chi connectivity index (χ2v) is 3.78. The van der Waals surface area contributed by atoms with E-state index in [1.807, 2.05) is 0 Å². The van der Waals surface area contributed by atoms with E-state index >= 15 is 0 Å². The van der Waals surface area contributed by atoms with Gasteiger partial charge in [0.05, 0.1) is 6.20 Å². The molecule has 2 aromatic rings. The smallest absolute Gasteiger partial charge is 0.221 e. The molecular formula is C10H8BrN3O. The first kappa shape index (κ1) is 9.92. The standard InChI is InChI=1S/C10H8BrN3O/c11-7-3-9(6-13-5-7)15-10-4-8(12)1-2-14-10/h1-6H,(H2,12,14). The summed E-state index contributed by atoms with van der Waals surface area (Å²) in [4.78, 5) is 7.99. The number of hydrogen-bond donors (Lipinski definition) is 1. The van der Waals surface area contributed by atoms with E-state index in [9.17, 15) is 0 Å². The van der Waals surface area contributed by atoms with Gasteiger partial charge in [0.2, 0.25) is 5.88 Å². The summed E-state index contributed by atoms with van der Waals surface area (Å²) in [7, 11) is 0. The van der Waals surface area contributed by atoms with Crippen molar-refractivity contribution < 1.29 is 4.74 Å². The summed E-state index contributed by atoms with van der Waals surface area (Å²) in [5.74, 6) is 1.07. The Morgan fingerprint density at radius 3 is 2.87 bits per heavy atom. The van der Waals surface area contributed by atoms with Crippen molar-refractivity contribution in [1.82, 2.24) is 9.97 Å². The Balaban J connectivity index is 2.22. The van der Waals surface area contributed by atoms with Crippen molar-refractivity contribution in [3.05, 3.63) is 41.3 Å². The SMILES string of the molecule is Nc1ccnc(Oc2cncc(Br)c2)c1. The van der Waals surface area contributed by atoms with Crippen molar-refractivity contribution in [2.75, 3.05) is 5.73 Å². The molecule has 0 aromatic carbocycles. The minimum atomic E-state index is 0.454. The zero-order chi connectivity index (χ0) is 10.7. The van der Waals surface area contributed by atoms with Gasteiger partial charge in [-0.1, -0.05) is 0 Å². The molecule has 0 radical (unpaired) electrons. The fourth-order valence-corrected chi connectivity index (χ4v) is 1.39. The lowest BCUT2D eigenvalue weighted by Gasteiger charge is -2.04. The molecule has 0 unspecified atom stereocenters. The Bertz CT molecular complexity index is 432. The molecule has 0 spiro atoms. The van der Waals surface area contributed by atoms with E-state index in [1.165, 1.54) is 0 Å². The van der Waals surface area contributed by atoms with E-state index in [0.717, 1.165) is 4.47 Å². The number of nitrogens with zero attached hydrogens (tertiary/aromatic N) is 2. The van der Waals surface area contributed by atoms with Crippen LogP contribution in [-0.4, -0.2) is 9.97 Å². The van der Waals surface area contributed by atoms with Gasteiger partial charge < -0.3 is 10.5 Å². The molecule has 0 fully saturated rings. The summed E-state index contributed by atoms with van der Waals surface area (Å²) < 4.78 is 6.31. The zero-order valence-corrected chi connectivity index (χ0v) is 9.31. The predicted molar refractivity (Wildman–Crippen MR) is 60.7 cm³/mol. The van der Waals surface area contributed by atoms with Crippen LogP contribution in [0.4, 0.5) is 5.69 Å². The third kappa shape index (κ3) is 2.66. The molecule has 0 saturated heterocycles. The molecule has 15 heavy (non-hydrogen) atoms. The highest BCUT2D eigenvalue weighted by atomic mass is 79.9. The number of hydrogen-bond acceptors (Lipinski definition) is 4. The molecule has 0 aliphatic carbocycles. The van der Waals surface area contributed by atoms with Gasteiger partial charge in [-0.15, -0.1) is 0 Å². The van der Waals surface area contributed by atoms with Crippen LogP contribution in [0.15, 0.2) is 41.3 Å². The number of halogens is 1. The van der Waals surface area contributed by atoms with Crippen molar-refractivity contribution >= 4 is 21.6 Å². The molecular weight excluding hydrogens is 258 g/mol. The Hall–Kier alpha value is -1.62. The lowest BCUT2D eigenvalue weighted by molar-refractivity contribution is 0.461. The average Bonchev–Trinajstić information content (AvgIpc) is 2.17. The minimum Gasteiger partial charge on any atom is -0.437 e. The normalized spacial score (nSPS) is 9.93. The van der Waals surface area contributed by atoms with Gasteiger partial charge in [-0.05, 0) is 28.1 Å². The molecule has 2 rings (SSSR count). The van der Waals surface area contributed by atoms with Crippen LogP contribution in [0.2, 0.25) is 0 Å². The molecule has 4 nitrogen and oxygen atoms in total. The first-order valence-electron chi connectivity index (χ1n) is 4.24. The Kier molecular flexibility index (Phi) is 2.82. The van der Waals surface area contributed by atoms with Crippen molar-refractivity contribution in [3.63, 3.8) is 0 Å². The maximum Gasteiger partial charge on any atom is 0.221 e. The second-order valence-electron chi connectivity index (χ2n) is 2.87. The first-order chi connectivity index (χ1) is 7.24. The van der Waals surface area contributed by atoms with Crippen LogP contribution in [0.1, 0.15) is 0 Å². The molecule has 0 aliphatic rings. The van der Waals surface area contributed by atoms with E-state index in [4.69, 9.17) is 10.5 Å². The highest BCUT2D eigenvalue weighted by molar-refractivity contribution is 9.10. The van der Waals surface area contributed by atoms with Crippen molar-refractivity contribution in [2.24, 2.45) is 0 Å². The number of anilines is 1. The highest BCUT2D eigenvalue weighted by Gasteiger charge is 1.99. The fraction of sp³-hybridized carbons (Fsp3) is 0. The number of rotatable bonds is 2. The monoisotopic (exact) mass is 265 g/mol. The molecule has 5 heteroatoms. The molecule has 0 saturated carbocycles. The van der Waals surface area contributed by atoms with E-state index in [0.29, 0.717) is 17.3 Å². The van der Waals surface area contributed by atoms with Crippen LogP contribution in [0.5, 0.6) is 11.6 Å². The zero-order valence-electron chi connectivity index (χ0n) is 7.72. The predicted octanol–water partition coefficient (Wildman–Crippen LogP) is 2.61. The summed E-state index contributed by atoms with van der Waals surface area (Å²) in [5, 5.41) is 0. The summed E-state index contributed by atoms with van der Waals surface area (Å²) in [6.07, 6.45) is 4.88. The first-order valence-corrected chi connectivity index (χ1v) is 5.03. The third-order valence-corrected chi connectivity index (χ3v) is 2.09. The van der Waals surface area contributed by atoms with Crippen LogP contribution in [0, 0.1) is 0 Å². The molecule has 0 aliphatic heterocycles. The summed E-state index contributed by atoms with van der Waals surface area (Å²) >= 11 is 3.30. The molecule has 0 amide bonds. The molecule has 2 heterocycles. The van der Waals surface area contributed by atoms with Crippen LogP contribution < -0.4 is 10.5 Å². The Morgan fingerprint density at radius 1 is 1.27 bits per heavy atom. The second kappa shape index (κ2) is 4.27. The summed E-state index contributed by atoms with van der Waals surface area (Å²) in [5.41, 5.74) is 6.21. The van der Waals surface area contributed by atoms with Crippen LogP contribution in [-0.2, 0) is 0 Å². The third-order valence-electron chi connectivity index (χ3n) is 1.66. The molecule has 2 aromatic heterocycles. The number of aromatic nitrogens is 2. The Labute approximate surface area is 95.2 Å². The van der Waals surface area contributed by atoms with Gasteiger partial charge in [0.1, 0.15) is 5.75 Å². The van der Waals surface area contributed by atoms with Gasteiger partial charge in [0.25, 0.3) is 0 Å². The van der Waals surface area contributed by atoms with Crippen LogP contribution >= 0.6 is 15.9 Å². The van der Waals surface area contributed by atoms with Crippen LogP contribution in [0.3, 0.4) is 0 Å². The largest absolute Gasteiger partial charge is 0.437 e. The maximum absolute atomic E-state index is 5.60. The van der Waals surface area contributed by atoms with Crippen molar-refractivity contribution in [2.45, 2.75) is 0 Å². The summed E-state index contributed by atoms with van der Waals surface area (Å²) in [6.45, 7) is 0. The fourth-order valence-electron chi connectivity index (χ4n) is 1.05. The topological polar surface area (TPSA) is 61.0 Å². The molecule has 2 N–H and O–H groups in total. The maximum atomic E-state index is 5.60. The number of nitrogen functional groups attached to an aromatic ring is 1. The minimum absolute atomic E-state index is 0.454. The van der Waals surface area contributed by atoms with E-state index < -0.39 is 0 Å². The van der Waals surface area contributed by atoms with Crippen molar-refractivity contribution in [3.8, 4) is 11.6 Å². The number of nitrogens with two attached hydrogens (primary N) is 1. The van der Waals surface area contributed by atoms with E-state index in [2.05, 4.69) is 25.9 Å². The van der Waals surface area contributed by atoms with Gasteiger partial charge >= 0.3 is 0 Å². The molecule has 0 bridgehead atoms. The van der Waals surface area contributed by atoms with Gasteiger partial charge in [-0.2, -0.15) is 0 Å². The van der Waals surface area contributed by atoms with Crippen LogP contribution in [0.25, 0.3) is 0 Å². The van der Waals surface area contributed by atoms with Gasteiger partial charge in [-0.25, -0.2) is 4.98 Å². The van der Waals surface area contributed by atoms with Gasteiger partial charge in [0.15, 0.2) is 0 Å². The average molecular weight is 266 g/mol. The van der Waals surface area contributed by atoms with E-state index in [1.54, 1.807) is 36.8 Å². The Morgan fingerprint density at radius 2 is 2.13 bits per heavy atom. The molecule has 0 atom stereocenters. The summed E-state index contributed by atoms with van der Waals surface area (Å²) in [6, 6.07) is 5.16. The quantitative estimate of drug-likeness (QED) is 0.907. The molecule has 76 valence electrons.